The zero-order chi connectivity index (χ0) is 66.4. The van der Waals surface area contributed by atoms with Gasteiger partial charge in [0.1, 0.15) is 11.9 Å². The first-order valence-electron chi connectivity index (χ1n) is 36.5. The highest BCUT2D eigenvalue weighted by molar-refractivity contribution is 8.76. The largest absolute Gasteiger partial charge is 0.504 e. The molecule has 10 aliphatic rings. The summed E-state index contributed by atoms with van der Waals surface area (Å²) in [5.41, 5.74) is 16.7. The molecule has 12 N–H and O–H groups in total. The second-order valence-electron chi connectivity index (χ2n) is 30.5. The number of dihydropyridines is 1. The van der Waals surface area contributed by atoms with Crippen molar-refractivity contribution in [3.05, 3.63) is 177 Å². The van der Waals surface area contributed by atoms with E-state index in [1.54, 1.807) is 28.7 Å². The van der Waals surface area contributed by atoms with E-state index in [-0.39, 0.29) is 85.1 Å². The van der Waals surface area contributed by atoms with Crippen molar-refractivity contribution in [2.75, 3.05) is 52.0 Å². The molecule has 22 atom stereocenters. The maximum absolute atomic E-state index is 13.6. The predicted molar refractivity (Wildman–Crippen MR) is 383 cm³/mol. The van der Waals surface area contributed by atoms with Crippen LogP contribution in [0.3, 0.4) is 0 Å². The topological polar surface area (TPSA) is 226 Å². The zero-order valence-corrected chi connectivity index (χ0v) is 58.0. The number of H-pyrrole nitrogens is 1. The molecule has 1 saturated heterocycles. The maximum Gasteiger partial charge on any atom is 0.161 e. The Morgan fingerprint density at radius 3 is 2.42 bits per heavy atom. The molecular formula is C81H104N4O9S2. The summed E-state index contributed by atoms with van der Waals surface area (Å²) in [4.78, 5) is 3.40. The lowest BCUT2D eigenvalue weighted by Gasteiger charge is -2.68. The van der Waals surface area contributed by atoms with Crippen LogP contribution in [0.5, 0.6) is 11.5 Å². The third kappa shape index (κ3) is 12.6. The van der Waals surface area contributed by atoms with Gasteiger partial charge < -0.3 is 66.6 Å². The number of aromatic nitrogens is 1. The van der Waals surface area contributed by atoms with Gasteiger partial charge in [-0.1, -0.05) is 149 Å². The van der Waals surface area contributed by atoms with Crippen LogP contribution < -0.4 is 21.1 Å². The smallest absolute Gasteiger partial charge is 0.161 e. The summed E-state index contributed by atoms with van der Waals surface area (Å²) in [5.74, 6) is 8.62. The fourth-order valence-electron chi connectivity index (χ4n) is 21.3. The van der Waals surface area contributed by atoms with Crippen molar-refractivity contribution < 1.29 is 45.2 Å². The number of aromatic amines is 1. The van der Waals surface area contributed by atoms with Crippen LogP contribution in [0.2, 0.25) is 0 Å². The molecule has 2 spiro atoms. The van der Waals surface area contributed by atoms with Gasteiger partial charge in [-0.25, -0.2) is 0 Å². The van der Waals surface area contributed by atoms with Gasteiger partial charge in [0.2, 0.25) is 0 Å². The van der Waals surface area contributed by atoms with Crippen molar-refractivity contribution in [2.45, 2.75) is 158 Å². The Morgan fingerprint density at radius 2 is 1.65 bits per heavy atom. The number of fused-ring (bicyclic) bond motifs is 9. The Morgan fingerprint density at radius 1 is 0.844 bits per heavy atom. The Labute approximate surface area is 577 Å². The molecule has 3 fully saturated rings. The number of allylic oxidation sites excluding steroid dienone is 6. The average Bonchev–Trinajstić information content (AvgIpc) is 0.705. The minimum atomic E-state index is -1.10. The number of aliphatic hydroxyl groups excluding tert-OH is 6. The highest BCUT2D eigenvalue weighted by Crippen LogP contribution is 2.73. The molecule has 96 heavy (non-hydrogen) atoms. The van der Waals surface area contributed by atoms with Crippen LogP contribution in [0, 0.1) is 93.7 Å². The lowest BCUT2D eigenvalue weighted by atomic mass is 9.35. The van der Waals surface area contributed by atoms with Crippen LogP contribution in [0.15, 0.2) is 144 Å². The molecule has 8 aliphatic carbocycles. The van der Waals surface area contributed by atoms with Gasteiger partial charge in [0.25, 0.3) is 0 Å². The molecule has 2 aliphatic heterocycles. The third-order valence-electron chi connectivity index (χ3n) is 25.8. The summed E-state index contributed by atoms with van der Waals surface area (Å²) in [7, 11) is 7.02. The molecule has 0 unspecified atom stereocenters. The Balaban J connectivity index is 0.914. The molecule has 13 nitrogen and oxygen atoms in total. The minimum absolute atomic E-state index is 0.00378. The second-order valence-corrected chi connectivity index (χ2v) is 33.0. The lowest BCUT2D eigenvalue weighted by molar-refractivity contribution is -0.147. The van der Waals surface area contributed by atoms with Crippen LogP contribution >= 0.6 is 21.6 Å². The average molecular weight is 1340 g/mol. The minimum Gasteiger partial charge on any atom is -0.504 e. The Bertz CT molecular complexity index is 3620. The van der Waals surface area contributed by atoms with Gasteiger partial charge in [-0.2, -0.15) is 0 Å². The summed E-state index contributed by atoms with van der Waals surface area (Å²) in [5, 5.41) is 95.3. The Kier molecular flexibility index (Phi) is 20.6. The maximum atomic E-state index is 13.6. The molecule has 0 radical (unpaired) electrons. The molecule has 15 heteroatoms. The van der Waals surface area contributed by atoms with Gasteiger partial charge in [-0.3, -0.25) is 0 Å². The van der Waals surface area contributed by atoms with Crippen LogP contribution in [0.25, 0.3) is 0 Å². The van der Waals surface area contributed by atoms with Crippen LogP contribution in [0.1, 0.15) is 129 Å². The van der Waals surface area contributed by atoms with E-state index in [0.29, 0.717) is 86.7 Å². The molecule has 3 aromatic carbocycles. The number of phenolic OH excluding ortho intramolecular Hbond substituents is 1. The zero-order valence-electron chi connectivity index (χ0n) is 56.4. The predicted octanol–water partition coefficient (Wildman–Crippen LogP) is 11.3. The van der Waals surface area contributed by atoms with Crippen molar-refractivity contribution in [1.82, 2.24) is 15.6 Å². The number of nitrogens with one attached hydrogen (secondary N) is 3. The van der Waals surface area contributed by atoms with E-state index in [1.165, 1.54) is 47.9 Å². The van der Waals surface area contributed by atoms with E-state index in [4.69, 9.17) is 15.2 Å². The standard InChI is InChI=1S/C81H104N4O9S2/c1-4-47-31-54-36-71(90)73(94-74-37-55(32-57-18-12-29-84-57)60-27-30-85-79(82)66(60)46-96-95-45-56(43-86)78(74)92)39-62(54)63-38-72(91)76-52(34-61(47)63)26-28-80-41-65(48-13-6-5-7-14-48)68-35-51-17-9-8-16-50(51)33-64-59-19-11-10-15-49(59)21-23-67(64)81(68,75(80)44-87)40-53(20-22-58(93-3)42-83-2)77(80)70(89)25-24-69(76)88/h5-9,12-14,16-18,21,23,27,29,34,36,39-40,47,49,52,55-56,58-59,63-65,67-70,72,74-78,83-92H,4,10-11,15,19-20,22,24-25,30-33,35,37-38,41-46,82H2,1-3H3/t47-,49-,52-,55-,56+,58-,59-,63-,64-,65-,67-,68-,69+,70-,72-,74+,75-,76+,77+,78+,80+,81+/m1/s1. The molecule has 3 heterocycles. The van der Waals surface area contributed by atoms with Crippen molar-refractivity contribution in [3.63, 3.8) is 0 Å². The van der Waals surface area contributed by atoms with E-state index in [1.807, 2.05) is 31.4 Å². The van der Waals surface area contributed by atoms with Gasteiger partial charge in [-0.15, -0.1) is 0 Å². The number of nitrogens with two attached hydrogens (primary N) is 1. The van der Waals surface area contributed by atoms with Gasteiger partial charge in [0, 0.05) is 109 Å². The molecule has 0 amide bonds. The monoisotopic (exact) mass is 1340 g/mol. The molecular weight excluding hydrogens is 1240 g/mol. The highest BCUT2D eigenvalue weighted by Gasteiger charge is 2.69. The molecule has 4 aromatic rings. The van der Waals surface area contributed by atoms with Crippen molar-refractivity contribution >= 4 is 21.6 Å². The Hall–Kier alpha value is -5.22. The van der Waals surface area contributed by atoms with Crippen LogP contribution in [-0.2, 0) is 30.4 Å². The van der Waals surface area contributed by atoms with E-state index in [2.05, 4.69) is 125 Å². The number of aromatic hydroxyl groups is 1. The van der Waals surface area contributed by atoms with Gasteiger partial charge in [-0.05, 0) is 202 Å². The quantitative estimate of drug-likeness (QED) is 0.0321. The first kappa shape index (κ1) is 67.9. The molecule has 2 saturated carbocycles. The molecule has 1 aromatic heterocycles. The van der Waals surface area contributed by atoms with Gasteiger partial charge in [0.05, 0.1) is 30.5 Å². The van der Waals surface area contributed by atoms with Crippen molar-refractivity contribution in [1.29, 1.82) is 0 Å². The van der Waals surface area contributed by atoms with Gasteiger partial charge in [0.15, 0.2) is 11.5 Å². The van der Waals surface area contributed by atoms with Crippen LogP contribution in [0.4, 0.5) is 0 Å². The highest BCUT2D eigenvalue weighted by atomic mass is 33.1. The summed E-state index contributed by atoms with van der Waals surface area (Å²) in [6.45, 7) is 3.10. The molecule has 14 rings (SSSR count). The summed E-state index contributed by atoms with van der Waals surface area (Å²) in [6.07, 6.45) is 21.3. The number of likely N-dealkylation sites (N-methyl/N-ethyl adjacent to an activating group) is 1. The summed E-state index contributed by atoms with van der Waals surface area (Å²) >= 11 is 0. The normalized spacial score (nSPS) is 37.5. The van der Waals surface area contributed by atoms with E-state index >= 15 is 0 Å². The van der Waals surface area contributed by atoms with Crippen molar-refractivity contribution in [2.24, 2.45) is 87.6 Å². The SMILES string of the molecule is CC[C@@H]1Cc2cc(O)c(O[C@H]3C[C@@H](Cc4ccc[nH]4)C4=CCNC(N)=C4CSSC[C@H](CO)[C@@H]3O)cc2[C@@H]2C[C@@H](O)[C@H]3[C@H](C#C[C@@]45C[C@H](c6ccccc6)[C@H]6Cc7ccccc7C[C@@H]7[C@@H]8CCCC[C@@H]8C=C[C@H]7[C@]6(C=C(CC[C@H](CNC)OC)[C@H]4[C@H](O)CC[C@@H]3O)[C@@H]5CO)C=C12. The van der Waals surface area contributed by atoms with E-state index in [0.717, 1.165) is 59.2 Å². The van der Waals surface area contributed by atoms with Gasteiger partial charge >= 0.3 is 0 Å². The number of benzene rings is 3. The molecule has 2 bridgehead atoms. The molecule has 514 valence electrons. The number of rotatable bonds is 14. The second kappa shape index (κ2) is 29.2. The van der Waals surface area contributed by atoms with Crippen molar-refractivity contribution in [3.8, 4) is 23.3 Å². The number of phenols is 1. The number of ether oxygens (including phenoxy) is 2. The van der Waals surface area contributed by atoms with E-state index in [9.17, 15) is 35.7 Å². The first-order chi connectivity index (χ1) is 46.8. The number of aliphatic hydroxyl groups is 6. The lowest BCUT2D eigenvalue weighted by Crippen LogP contribution is -2.66. The third-order valence-corrected chi connectivity index (χ3v) is 28.2. The fourth-order valence-corrected chi connectivity index (χ4v) is 23.8. The number of hydrogen-bond donors (Lipinski definition) is 11. The first-order valence-corrected chi connectivity index (χ1v) is 39.0. The number of methoxy groups -OCH3 is 1. The van der Waals surface area contributed by atoms with Crippen LogP contribution in [-0.4, -0.2) is 129 Å². The summed E-state index contributed by atoms with van der Waals surface area (Å²) < 4.78 is 13.3. The fraction of sp³-hybridized carbons (Fsp3) is 0.580. The van der Waals surface area contributed by atoms with E-state index < -0.39 is 65.0 Å². The number of hydrogen-bond acceptors (Lipinski definition) is 14. The summed E-state index contributed by atoms with van der Waals surface area (Å²) in [6, 6.07) is 28.2.